The van der Waals surface area contributed by atoms with E-state index in [4.69, 9.17) is 16.6 Å². The van der Waals surface area contributed by atoms with Crippen LogP contribution >= 0.6 is 22.9 Å². The zero-order chi connectivity index (χ0) is 18.8. The zero-order valence-electron chi connectivity index (χ0n) is 14.6. The largest absolute Gasteiger partial charge is 0.347 e. The number of aryl methyl sites for hydroxylation is 1. The van der Waals surface area contributed by atoms with Gasteiger partial charge in [-0.2, -0.15) is 0 Å². The number of benzene rings is 1. The van der Waals surface area contributed by atoms with Crippen LogP contribution in [-0.4, -0.2) is 15.9 Å². The topological polar surface area (TPSA) is 54.9 Å². The minimum absolute atomic E-state index is 0.136. The monoisotopic (exact) mass is 393 g/mol. The first-order chi connectivity index (χ1) is 13.1. The number of halogens is 1. The molecular weight excluding hydrogens is 378 g/mol. The molecule has 0 radical (unpaired) electrons. The third-order valence-corrected chi connectivity index (χ3v) is 5.66. The van der Waals surface area contributed by atoms with Crippen molar-refractivity contribution < 1.29 is 4.79 Å². The molecule has 4 aromatic rings. The summed E-state index contributed by atoms with van der Waals surface area (Å²) in [5.41, 5.74) is 3.71. The van der Waals surface area contributed by atoms with E-state index in [-0.39, 0.29) is 5.91 Å². The lowest BCUT2D eigenvalue weighted by atomic mass is 10.0. The molecule has 1 amide bonds. The van der Waals surface area contributed by atoms with Crippen LogP contribution in [0.1, 0.15) is 20.8 Å². The van der Waals surface area contributed by atoms with E-state index in [1.807, 2.05) is 48.7 Å². The van der Waals surface area contributed by atoms with E-state index < -0.39 is 0 Å². The van der Waals surface area contributed by atoms with Crippen LogP contribution in [0.4, 0.5) is 0 Å². The number of pyridine rings is 2. The fourth-order valence-corrected chi connectivity index (χ4v) is 3.73. The Bertz CT molecular complexity index is 1110. The van der Waals surface area contributed by atoms with Crippen LogP contribution in [-0.2, 0) is 6.54 Å². The molecule has 3 heterocycles. The second-order valence-electron chi connectivity index (χ2n) is 6.13. The molecule has 0 atom stereocenters. The lowest BCUT2D eigenvalue weighted by Gasteiger charge is -2.12. The Morgan fingerprint density at radius 3 is 2.85 bits per heavy atom. The quantitative estimate of drug-likeness (QED) is 0.515. The van der Waals surface area contributed by atoms with Gasteiger partial charge in [-0.15, -0.1) is 11.3 Å². The van der Waals surface area contributed by atoms with Gasteiger partial charge in [0.1, 0.15) is 0 Å². The molecular formula is C21H16ClN3OS. The van der Waals surface area contributed by atoms with Crippen LogP contribution in [0.5, 0.6) is 0 Å². The molecule has 27 heavy (non-hydrogen) atoms. The number of rotatable bonds is 4. The maximum absolute atomic E-state index is 13.0. The molecule has 0 aliphatic rings. The Kier molecular flexibility index (Phi) is 4.88. The first kappa shape index (κ1) is 17.6. The minimum atomic E-state index is -0.136. The highest BCUT2D eigenvalue weighted by molar-refractivity contribution is 7.09. The summed E-state index contributed by atoms with van der Waals surface area (Å²) < 4.78 is 0. The van der Waals surface area contributed by atoms with Gasteiger partial charge in [-0.1, -0.05) is 23.7 Å². The van der Waals surface area contributed by atoms with Crippen LogP contribution in [0.25, 0.3) is 22.2 Å². The maximum atomic E-state index is 13.0. The van der Waals surface area contributed by atoms with E-state index in [0.29, 0.717) is 22.8 Å². The van der Waals surface area contributed by atoms with Crippen LogP contribution in [0.2, 0.25) is 5.02 Å². The Labute approximate surface area is 165 Å². The van der Waals surface area contributed by atoms with Gasteiger partial charge in [-0.05, 0) is 48.2 Å². The van der Waals surface area contributed by atoms with Crippen LogP contribution in [0, 0.1) is 6.92 Å². The second kappa shape index (κ2) is 7.47. The molecule has 0 spiro atoms. The van der Waals surface area contributed by atoms with Gasteiger partial charge in [-0.3, -0.25) is 9.78 Å². The average molecular weight is 394 g/mol. The highest BCUT2D eigenvalue weighted by Gasteiger charge is 2.16. The third kappa shape index (κ3) is 3.56. The van der Waals surface area contributed by atoms with Crippen molar-refractivity contribution in [3.63, 3.8) is 0 Å². The molecule has 1 aromatic carbocycles. The van der Waals surface area contributed by atoms with Gasteiger partial charge in [0.2, 0.25) is 0 Å². The van der Waals surface area contributed by atoms with Gasteiger partial charge in [0, 0.05) is 33.2 Å². The van der Waals surface area contributed by atoms with Crippen molar-refractivity contribution in [3.05, 3.63) is 81.3 Å². The number of hydrogen-bond acceptors (Lipinski definition) is 4. The lowest BCUT2D eigenvalue weighted by molar-refractivity contribution is 0.0953. The van der Waals surface area contributed by atoms with E-state index in [2.05, 4.69) is 10.3 Å². The predicted octanol–water partition coefficient (Wildman–Crippen LogP) is 5.25. The molecule has 4 nitrogen and oxygen atoms in total. The fourth-order valence-electron chi connectivity index (χ4n) is 2.93. The van der Waals surface area contributed by atoms with Gasteiger partial charge in [0.15, 0.2) is 0 Å². The van der Waals surface area contributed by atoms with Crippen LogP contribution < -0.4 is 5.32 Å². The summed E-state index contributed by atoms with van der Waals surface area (Å²) >= 11 is 7.91. The van der Waals surface area contributed by atoms with Crippen LogP contribution in [0.15, 0.2) is 60.2 Å². The van der Waals surface area contributed by atoms with E-state index >= 15 is 0 Å². The number of amides is 1. The first-order valence-electron chi connectivity index (χ1n) is 8.44. The summed E-state index contributed by atoms with van der Waals surface area (Å²) in [7, 11) is 0. The van der Waals surface area contributed by atoms with Gasteiger partial charge in [0.25, 0.3) is 5.91 Å². The van der Waals surface area contributed by atoms with Gasteiger partial charge in [-0.25, -0.2) is 4.98 Å². The lowest BCUT2D eigenvalue weighted by Crippen LogP contribution is -2.23. The van der Waals surface area contributed by atoms with Crippen molar-refractivity contribution in [2.24, 2.45) is 0 Å². The van der Waals surface area contributed by atoms with Gasteiger partial charge >= 0.3 is 0 Å². The van der Waals surface area contributed by atoms with Gasteiger partial charge < -0.3 is 5.32 Å². The molecule has 134 valence electrons. The summed E-state index contributed by atoms with van der Waals surface area (Å²) in [5, 5.41) is 6.41. The maximum Gasteiger partial charge on any atom is 0.252 e. The highest BCUT2D eigenvalue weighted by Crippen LogP contribution is 2.30. The third-order valence-electron chi connectivity index (χ3n) is 4.37. The Morgan fingerprint density at radius 1 is 1.22 bits per heavy atom. The number of thiophene rings is 1. The fraction of sp³-hybridized carbons (Fsp3) is 0.0952. The van der Waals surface area contributed by atoms with Crippen molar-refractivity contribution in [3.8, 4) is 11.3 Å². The molecule has 4 rings (SSSR count). The average Bonchev–Trinajstić information content (AvgIpc) is 3.22. The summed E-state index contributed by atoms with van der Waals surface area (Å²) in [6.07, 6.45) is 3.45. The SMILES string of the molecule is Cc1c(Cl)ccc2c(C(=O)NCc3cccs3)cc(-c3cccnc3)nc12. The second-order valence-corrected chi connectivity index (χ2v) is 7.57. The molecule has 6 heteroatoms. The number of fused-ring (bicyclic) bond motifs is 1. The molecule has 0 aliphatic carbocycles. The molecule has 0 fully saturated rings. The van der Waals surface area contributed by atoms with Gasteiger partial charge in [0.05, 0.1) is 23.3 Å². The predicted molar refractivity (Wildman–Crippen MR) is 110 cm³/mol. The van der Waals surface area contributed by atoms with E-state index in [1.54, 1.807) is 29.8 Å². The summed E-state index contributed by atoms with van der Waals surface area (Å²) in [5.74, 6) is -0.136. The summed E-state index contributed by atoms with van der Waals surface area (Å²) in [6.45, 7) is 2.41. The standard InChI is InChI=1S/C21H16ClN3OS/c1-13-18(22)7-6-16-17(21(26)24-12-15-5-3-9-27-15)10-19(25-20(13)16)14-4-2-8-23-11-14/h2-11H,12H2,1H3,(H,24,26). The number of aromatic nitrogens is 2. The molecule has 1 N–H and O–H groups in total. The van der Waals surface area contributed by atoms with Crippen molar-refractivity contribution in [2.45, 2.75) is 13.5 Å². The normalized spacial score (nSPS) is 10.9. The smallest absolute Gasteiger partial charge is 0.252 e. The number of carbonyl (C=O) groups is 1. The number of nitrogens with zero attached hydrogens (tertiary/aromatic N) is 2. The summed E-state index contributed by atoms with van der Waals surface area (Å²) in [6, 6.07) is 13.2. The molecule has 3 aromatic heterocycles. The molecule has 0 unspecified atom stereocenters. The first-order valence-corrected chi connectivity index (χ1v) is 9.70. The number of carbonyl (C=O) groups excluding carboxylic acids is 1. The van der Waals surface area contributed by atoms with E-state index in [1.165, 1.54) is 0 Å². The van der Waals surface area contributed by atoms with Crippen molar-refractivity contribution in [2.75, 3.05) is 0 Å². The Balaban J connectivity index is 1.82. The number of hydrogen-bond donors (Lipinski definition) is 1. The minimum Gasteiger partial charge on any atom is -0.347 e. The van der Waals surface area contributed by atoms with Crippen molar-refractivity contribution >= 4 is 39.7 Å². The van der Waals surface area contributed by atoms with Crippen LogP contribution in [0.3, 0.4) is 0 Å². The highest BCUT2D eigenvalue weighted by atomic mass is 35.5. The summed E-state index contributed by atoms with van der Waals surface area (Å²) in [4.78, 5) is 23.0. The van der Waals surface area contributed by atoms with Crippen molar-refractivity contribution in [1.29, 1.82) is 0 Å². The zero-order valence-corrected chi connectivity index (χ0v) is 16.1. The molecule has 0 saturated heterocycles. The van der Waals surface area contributed by atoms with E-state index in [9.17, 15) is 4.79 Å². The van der Waals surface area contributed by atoms with E-state index in [0.717, 1.165) is 26.9 Å². The molecule has 0 bridgehead atoms. The number of nitrogens with one attached hydrogen (secondary N) is 1. The Morgan fingerprint density at radius 2 is 2.11 bits per heavy atom. The molecule has 0 saturated carbocycles. The Hall–Kier alpha value is -2.76. The molecule has 0 aliphatic heterocycles. The van der Waals surface area contributed by atoms with Crippen molar-refractivity contribution in [1.82, 2.24) is 15.3 Å².